The summed E-state index contributed by atoms with van der Waals surface area (Å²) in [5.74, 6) is 1.29. The van der Waals surface area contributed by atoms with E-state index in [0.29, 0.717) is 16.8 Å². The lowest BCUT2D eigenvalue weighted by molar-refractivity contribution is 0.201. The summed E-state index contributed by atoms with van der Waals surface area (Å²) in [6.45, 7) is 4.22. The van der Waals surface area contributed by atoms with Crippen LogP contribution in [0, 0.1) is 12.8 Å². The van der Waals surface area contributed by atoms with E-state index in [9.17, 15) is 0 Å². The van der Waals surface area contributed by atoms with Gasteiger partial charge in [-0.05, 0) is 43.4 Å². The van der Waals surface area contributed by atoms with E-state index >= 15 is 0 Å². The predicted octanol–water partition coefficient (Wildman–Crippen LogP) is 4.15. The van der Waals surface area contributed by atoms with Crippen LogP contribution < -0.4 is 5.73 Å². The van der Waals surface area contributed by atoms with Crippen molar-refractivity contribution in [2.45, 2.75) is 45.1 Å². The molecule has 1 aromatic heterocycles. The molecule has 19 heavy (non-hydrogen) atoms. The van der Waals surface area contributed by atoms with E-state index in [1.54, 1.807) is 0 Å². The normalized spacial score (nSPS) is 27.9. The van der Waals surface area contributed by atoms with E-state index in [2.05, 4.69) is 11.9 Å². The van der Waals surface area contributed by atoms with E-state index in [0.717, 1.165) is 35.9 Å². The fourth-order valence-corrected chi connectivity index (χ4v) is 3.42. The number of hydrogen-bond acceptors (Lipinski definition) is 3. The molecule has 0 radical (unpaired) electrons. The molecule has 0 saturated heterocycles. The van der Waals surface area contributed by atoms with Gasteiger partial charge in [-0.25, -0.2) is 4.98 Å². The maximum atomic E-state index is 6.53. The van der Waals surface area contributed by atoms with Gasteiger partial charge < -0.3 is 10.2 Å². The summed E-state index contributed by atoms with van der Waals surface area (Å²) in [6, 6.07) is 3.73. The summed E-state index contributed by atoms with van der Waals surface area (Å²) >= 11 is 6.06. The van der Waals surface area contributed by atoms with Crippen LogP contribution in [0.15, 0.2) is 16.5 Å². The zero-order chi connectivity index (χ0) is 13.6. The van der Waals surface area contributed by atoms with Crippen molar-refractivity contribution in [1.29, 1.82) is 0 Å². The number of oxazole rings is 1. The highest BCUT2D eigenvalue weighted by Gasteiger charge is 2.37. The average Bonchev–Trinajstić information content (AvgIpc) is 2.73. The molecule has 1 aliphatic carbocycles. The van der Waals surface area contributed by atoms with E-state index < -0.39 is 5.54 Å². The molecule has 2 N–H and O–H groups in total. The Kier molecular flexibility index (Phi) is 3.06. The van der Waals surface area contributed by atoms with Crippen LogP contribution in [0.1, 0.15) is 44.1 Å². The van der Waals surface area contributed by atoms with Crippen molar-refractivity contribution in [3.8, 4) is 0 Å². The first-order chi connectivity index (χ1) is 8.98. The van der Waals surface area contributed by atoms with E-state index in [1.165, 1.54) is 6.42 Å². The molecule has 0 bridgehead atoms. The quantitative estimate of drug-likeness (QED) is 0.852. The molecule has 0 spiro atoms. The SMILES string of the molecule is Cc1cc(Cl)cc2nc(C3(N)CCCC(C)C3)oc12. The minimum Gasteiger partial charge on any atom is -0.438 e. The highest BCUT2D eigenvalue weighted by Crippen LogP contribution is 2.39. The molecule has 1 aromatic carbocycles. The minimum atomic E-state index is -0.421. The fourth-order valence-electron chi connectivity index (χ4n) is 3.16. The van der Waals surface area contributed by atoms with Crippen molar-refractivity contribution in [1.82, 2.24) is 4.98 Å². The van der Waals surface area contributed by atoms with Crippen molar-refractivity contribution in [2.24, 2.45) is 11.7 Å². The van der Waals surface area contributed by atoms with Crippen LogP contribution in [0.2, 0.25) is 5.02 Å². The maximum Gasteiger partial charge on any atom is 0.215 e. The van der Waals surface area contributed by atoms with Crippen molar-refractivity contribution >= 4 is 22.7 Å². The molecular formula is C15H19ClN2O. The second kappa shape index (κ2) is 4.50. The molecule has 0 aliphatic heterocycles. The zero-order valence-electron chi connectivity index (χ0n) is 11.4. The Morgan fingerprint density at radius 2 is 2.26 bits per heavy atom. The number of benzene rings is 1. The average molecular weight is 279 g/mol. The van der Waals surface area contributed by atoms with Gasteiger partial charge in [0.25, 0.3) is 0 Å². The van der Waals surface area contributed by atoms with Gasteiger partial charge in [-0.3, -0.25) is 0 Å². The van der Waals surface area contributed by atoms with Crippen molar-refractivity contribution in [3.05, 3.63) is 28.6 Å². The fraction of sp³-hybridized carbons (Fsp3) is 0.533. The molecule has 2 atom stereocenters. The molecule has 3 nitrogen and oxygen atoms in total. The van der Waals surface area contributed by atoms with Gasteiger partial charge in [-0.1, -0.05) is 31.4 Å². The standard InChI is InChI=1S/C15H19ClN2O/c1-9-4-3-5-15(17,8-9)14-18-12-7-11(16)6-10(2)13(12)19-14/h6-7,9H,3-5,8,17H2,1-2H3. The summed E-state index contributed by atoms with van der Waals surface area (Å²) in [7, 11) is 0. The van der Waals surface area contributed by atoms with Crippen LogP contribution in [-0.4, -0.2) is 4.98 Å². The number of rotatable bonds is 1. The molecule has 1 saturated carbocycles. The molecule has 1 aliphatic rings. The Morgan fingerprint density at radius 1 is 1.47 bits per heavy atom. The Labute approximate surface area is 118 Å². The predicted molar refractivity (Wildman–Crippen MR) is 77.3 cm³/mol. The number of aryl methyl sites for hydroxylation is 1. The molecule has 3 rings (SSSR count). The Bertz CT molecular complexity index is 622. The zero-order valence-corrected chi connectivity index (χ0v) is 12.1. The lowest BCUT2D eigenvalue weighted by Crippen LogP contribution is -2.41. The largest absolute Gasteiger partial charge is 0.438 e. The molecule has 102 valence electrons. The molecule has 2 aromatic rings. The number of aromatic nitrogens is 1. The van der Waals surface area contributed by atoms with Gasteiger partial charge in [-0.15, -0.1) is 0 Å². The van der Waals surface area contributed by atoms with Crippen LogP contribution in [0.5, 0.6) is 0 Å². The van der Waals surface area contributed by atoms with Gasteiger partial charge in [0.05, 0.1) is 5.54 Å². The van der Waals surface area contributed by atoms with Gasteiger partial charge in [0, 0.05) is 5.02 Å². The topological polar surface area (TPSA) is 52.0 Å². The van der Waals surface area contributed by atoms with Crippen LogP contribution >= 0.6 is 11.6 Å². The molecule has 0 amide bonds. The molecule has 1 heterocycles. The summed E-state index contributed by atoms with van der Waals surface area (Å²) in [6.07, 6.45) is 4.25. The third-order valence-corrected chi connectivity index (χ3v) is 4.32. The van der Waals surface area contributed by atoms with Crippen LogP contribution in [0.4, 0.5) is 0 Å². The number of nitrogens with zero attached hydrogens (tertiary/aromatic N) is 1. The van der Waals surface area contributed by atoms with E-state index in [-0.39, 0.29) is 0 Å². The summed E-state index contributed by atoms with van der Waals surface area (Å²) in [5.41, 5.74) is 8.74. The van der Waals surface area contributed by atoms with Gasteiger partial charge in [0.15, 0.2) is 5.58 Å². The third kappa shape index (κ3) is 2.26. The van der Waals surface area contributed by atoms with Crippen molar-refractivity contribution in [3.63, 3.8) is 0 Å². The maximum absolute atomic E-state index is 6.53. The second-order valence-electron chi connectivity index (χ2n) is 5.95. The first-order valence-corrected chi connectivity index (χ1v) is 7.22. The molecule has 4 heteroatoms. The molecule has 2 unspecified atom stereocenters. The minimum absolute atomic E-state index is 0.421. The highest BCUT2D eigenvalue weighted by atomic mass is 35.5. The number of halogens is 1. The number of fused-ring (bicyclic) bond motifs is 1. The molecule has 1 fully saturated rings. The van der Waals surface area contributed by atoms with Gasteiger partial charge in [0.1, 0.15) is 5.52 Å². The highest BCUT2D eigenvalue weighted by molar-refractivity contribution is 6.31. The van der Waals surface area contributed by atoms with Gasteiger partial charge in [-0.2, -0.15) is 0 Å². The Balaban J connectivity index is 2.08. The second-order valence-corrected chi connectivity index (χ2v) is 6.38. The van der Waals surface area contributed by atoms with Crippen LogP contribution in [-0.2, 0) is 5.54 Å². The lowest BCUT2D eigenvalue weighted by Gasteiger charge is -2.33. The lowest BCUT2D eigenvalue weighted by atomic mass is 9.77. The van der Waals surface area contributed by atoms with E-state index in [4.69, 9.17) is 21.8 Å². The summed E-state index contributed by atoms with van der Waals surface area (Å²) in [5, 5.41) is 0.688. The third-order valence-electron chi connectivity index (χ3n) is 4.10. The smallest absolute Gasteiger partial charge is 0.215 e. The van der Waals surface area contributed by atoms with Gasteiger partial charge >= 0.3 is 0 Å². The Morgan fingerprint density at radius 3 is 3.00 bits per heavy atom. The van der Waals surface area contributed by atoms with Crippen LogP contribution in [0.3, 0.4) is 0 Å². The summed E-state index contributed by atoms with van der Waals surface area (Å²) in [4.78, 5) is 4.59. The monoisotopic (exact) mass is 278 g/mol. The Hall–Kier alpha value is -1.06. The van der Waals surface area contributed by atoms with Crippen molar-refractivity contribution < 1.29 is 4.42 Å². The summed E-state index contributed by atoms with van der Waals surface area (Å²) < 4.78 is 5.95. The number of nitrogens with two attached hydrogens (primary N) is 1. The van der Waals surface area contributed by atoms with Gasteiger partial charge in [0.2, 0.25) is 5.89 Å². The number of hydrogen-bond donors (Lipinski definition) is 1. The van der Waals surface area contributed by atoms with Crippen LogP contribution in [0.25, 0.3) is 11.1 Å². The van der Waals surface area contributed by atoms with Crippen molar-refractivity contribution in [2.75, 3.05) is 0 Å². The first-order valence-electron chi connectivity index (χ1n) is 6.84. The first kappa shape index (κ1) is 12.9. The molecular weight excluding hydrogens is 260 g/mol. The van der Waals surface area contributed by atoms with E-state index in [1.807, 2.05) is 19.1 Å².